The van der Waals surface area contributed by atoms with Crippen LogP contribution in [0.4, 0.5) is 8.78 Å². The predicted molar refractivity (Wildman–Crippen MR) is 122 cm³/mol. The van der Waals surface area contributed by atoms with E-state index in [1.807, 2.05) is 22.8 Å². The van der Waals surface area contributed by atoms with Crippen LogP contribution in [0.1, 0.15) is 46.1 Å². The summed E-state index contributed by atoms with van der Waals surface area (Å²) >= 11 is 0. The first kappa shape index (κ1) is 21.3. The zero-order valence-corrected chi connectivity index (χ0v) is 18.7. The number of halogens is 2. The third kappa shape index (κ3) is 3.06. The standard InChI is InChI=1S/C25H19F2N5O4/c26-24(27)36-19-3-1-2-14-20(19)18-7-16(31-22(14)33)21-30-15-5-4-12(6-17(15)32(18)21)13-8-28-23(29-9-13)25(34)10-35-11-25/h1-6,8-9,16,18,24,34H,7,10-11H2,(H,31,33)/t16-,18-/m1/s1. The summed E-state index contributed by atoms with van der Waals surface area (Å²) in [5.41, 5.74) is 2.66. The second kappa shape index (κ2) is 7.52. The van der Waals surface area contributed by atoms with Gasteiger partial charge in [0.25, 0.3) is 5.91 Å². The van der Waals surface area contributed by atoms with Crippen molar-refractivity contribution < 1.29 is 28.2 Å². The summed E-state index contributed by atoms with van der Waals surface area (Å²) in [5, 5.41) is 13.4. The first-order chi connectivity index (χ1) is 17.4. The molecule has 2 N–H and O–H groups in total. The lowest BCUT2D eigenvalue weighted by Crippen LogP contribution is -2.47. The molecule has 4 aromatic rings. The Morgan fingerprint density at radius 1 is 1.17 bits per heavy atom. The molecule has 182 valence electrons. The molecule has 7 rings (SSSR count). The van der Waals surface area contributed by atoms with Gasteiger partial charge in [-0.25, -0.2) is 15.0 Å². The van der Waals surface area contributed by atoms with Crippen molar-refractivity contribution >= 4 is 16.9 Å². The van der Waals surface area contributed by atoms with Crippen molar-refractivity contribution in [2.45, 2.75) is 30.7 Å². The summed E-state index contributed by atoms with van der Waals surface area (Å²) in [6.45, 7) is -2.69. The number of nitrogens with one attached hydrogen (secondary N) is 1. The SMILES string of the molecule is O=C1N[C@@H]2C[C@H](c3c(OC(F)F)cccc31)n1c2nc2ccc(-c3cnc(C4(O)COC4)nc3)cc21. The highest BCUT2D eigenvalue weighted by molar-refractivity contribution is 5.98. The Balaban J connectivity index is 1.35. The molecule has 36 heavy (non-hydrogen) atoms. The van der Waals surface area contributed by atoms with Crippen LogP contribution >= 0.6 is 0 Å². The molecule has 3 aliphatic heterocycles. The molecule has 2 aromatic heterocycles. The number of ether oxygens (including phenoxy) is 2. The first-order valence-electron chi connectivity index (χ1n) is 11.4. The number of carbonyl (C=O) groups excluding carboxylic acids is 1. The molecule has 11 heteroatoms. The van der Waals surface area contributed by atoms with Gasteiger partial charge in [0, 0.05) is 29.1 Å². The second-order valence-electron chi connectivity index (χ2n) is 9.24. The van der Waals surface area contributed by atoms with E-state index in [9.17, 15) is 18.7 Å². The van der Waals surface area contributed by atoms with Gasteiger partial charge < -0.3 is 24.5 Å². The molecule has 0 unspecified atom stereocenters. The van der Waals surface area contributed by atoms with Crippen molar-refractivity contribution in [1.82, 2.24) is 24.8 Å². The fourth-order valence-corrected chi connectivity index (χ4v) is 5.33. The number of benzene rings is 2. The number of carbonyl (C=O) groups is 1. The zero-order chi connectivity index (χ0) is 24.6. The number of nitrogens with zero attached hydrogens (tertiary/aromatic N) is 4. The summed E-state index contributed by atoms with van der Waals surface area (Å²) in [5.74, 6) is 0.618. The highest BCUT2D eigenvalue weighted by Crippen LogP contribution is 2.47. The smallest absolute Gasteiger partial charge is 0.387 e. The average Bonchev–Trinajstić information content (AvgIpc) is 3.34. The molecule has 0 radical (unpaired) electrons. The molecule has 2 bridgehead atoms. The Kier molecular flexibility index (Phi) is 4.45. The Morgan fingerprint density at radius 3 is 2.69 bits per heavy atom. The quantitative estimate of drug-likeness (QED) is 0.451. The van der Waals surface area contributed by atoms with Crippen LogP contribution in [0.25, 0.3) is 22.2 Å². The normalized spacial score (nSPS) is 21.5. The van der Waals surface area contributed by atoms with Gasteiger partial charge in [-0.3, -0.25) is 4.79 Å². The number of imidazole rings is 1. The average molecular weight is 491 g/mol. The lowest BCUT2D eigenvalue weighted by Gasteiger charge is -2.34. The van der Waals surface area contributed by atoms with Gasteiger partial charge in [-0.05, 0) is 36.2 Å². The van der Waals surface area contributed by atoms with Gasteiger partial charge in [-0.2, -0.15) is 8.78 Å². The van der Waals surface area contributed by atoms with Crippen molar-refractivity contribution in [3.05, 3.63) is 71.6 Å². The van der Waals surface area contributed by atoms with Gasteiger partial charge in [0.15, 0.2) is 11.4 Å². The molecular weight excluding hydrogens is 472 g/mol. The minimum absolute atomic E-state index is 0.0175. The number of amides is 1. The van der Waals surface area contributed by atoms with Crippen molar-refractivity contribution in [3.8, 4) is 16.9 Å². The van der Waals surface area contributed by atoms with Crippen LogP contribution in [-0.4, -0.2) is 50.4 Å². The van der Waals surface area contributed by atoms with Crippen LogP contribution in [0.15, 0.2) is 48.8 Å². The van der Waals surface area contributed by atoms with Crippen molar-refractivity contribution in [1.29, 1.82) is 0 Å². The van der Waals surface area contributed by atoms with Crippen LogP contribution in [0, 0.1) is 0 Å². The Labute approximate surface area is 202 Å². The van der Waals surface area contributed by atoms with Gasteiger partial charge in [0.1, 0.15) is 11.6 Å². The Hall–Kier alpha value is -3.96. The summed E-state index contributed by atoms with van der Waals surface area (Å²) < 4.78 is 38.3. The van der Waals surface area contributed by atoms with E-state index in [2.05, 4.69) is 15.3 Å². The maximum absolute atomic E-state index is 13.2. The molecule has 2 aromatic carbocycles. The van der Waals surface area contributed by atoms with Crippen LogP contribution in [0.3, 0.4) is 0 Å². The van der Waals surface area contributed by atoms with Gasteiger partial charge in [-0.1, -0.05) is 12.1 Å². The third-order valence-corrected chi connectivity index (χ3v) is 7.05. The number of hydrogen-bond donors (Lipinski definition) is 2. The molecule has 1 fully saturated rings. The molecule has 0 aliphatic carbocycles. The van der Waals surface area contributed by atoms with Gasteiger partial charge >= 0.3 is 6.61 Å². The molecule has 0 spiro atoms. The fraction of sp³-hybridized carbons (Fsp3) is 0.280. The molecule has 5 heterocycles. The van der Waals surface area contributed by atoms with E-state index >= 15 is 0 Å². The Morgan fingerprint density at radius 2 is 1.97 bits per heavy atom. The molecule has 2 atom stereocenters. The van der Waals surface area contributed by atoms with Crippen LogP contribution in [0.5, 0.6) is 5.75 Å². The minimum atomic E-state index is -3.02. The number of hydrogen-bond acceptors (Lipinski definition) is 7. The maximum Gasteiger partial charge on any atom is 0.387 e. The van der Waals surface area contributed by atoms with E-state index in [4.69, 9.17) is 14.5 Å². The molecule has 0 saturated carbocycles. The van der Waals surface area contributed by atoms with Crippen molar-refractivity contribution in [2.75, 3.05) is 13.2 Å². The lowest BCUT2D eigenvalue weighted by molar-refractivity contribution is -0.189. The Bertz CT molecular complexity index is 1530. The van der Waals surface area contributed by atoms with Crippen LogP contribution in [0.2, 0.25) is 0 Å². The topological polar surface area (TPSA) is 111 Å². The molecule has 3 aliphatic rings. The number of aliphatic hydroxyl groups is 1. The lowest BCUT2D eigenvalue weighted by atomic mass is 9.97. The number of fused-ring (bicyclic) bond motifs is 9. The predicted octanol–water partition coefficient (Wildman–Crippen LogP) is 3.09. The molecular formula is C25H19F2N5O4. The van der Waals surface area contributed by atoms with E-state index in [0.29, 0.717) is 34.7 Å². The van der Waals surface area contributed by atoms with Crippen LogP contribution in [-0.2, 0) is 10.3 Å². The van der Waals surface area contributed by atoms with Gasteiger partial charge in [-0.15, -0.1) is 0 Å². The number of rotatable bonds is 4. The molecule has 1 saturated heterocycles. The molecule has 1 amide bonds. The second-order valence-corrected chi connectivity index (χ2v) is 9.24. The summed E-state index contributed by atoms with van der Waals surface area (Å²) in [7, 11) is 0. The van der Waals surface area contributed by atoms with E-state index in [0.717, 1.165) is 16.6 Å². The molecule has 9 nitrogen and oxygen atoms in total. The zero-order valence-electron chi connectivity index (χ0n) is 18.7. The highest BCUT2D eigenvalue weighted by atomic mass is 19.3. The summed E-state index contributed by atoms with van der Waals surface area (Å²) in [6.07, 6.45) is 3.77. The third-order valence-electron chi connectivity index (χ3n) is 7.05. The number of alkyl halides is 2. The maximum atomic E-state index is 13.2. The first-order valence-corrected chi connectivity index (χ1v) is 11.4. The number of aromatic nitrogens is 4. The highest BCUT2D eigenvalue weighted by Gasteiger charge is 2.43. The van der Waals surface area contributed by atoms with Crippen molar-refractivity contribution in [3.63, 3.8) is 0 Å². The van der Waals surface area contributed by atoms with E-state index in [1.165, 1.54) is 12.1 Å². The summed E-state index contributed by atoms with van der Waals surface area (Å²) in [6, 6.07) is 9.55. The largest absolute Gasteiger partial charge is 0.434 e. The van der Waals surface area contributed by atoms with Crippen LogP contribution < -0.4 is 10.1 Å². The van der Waals surface area contributed by atoms with E-state index < -0.39 is 18.3 Å². The van der Waals surface area contributed by atoms with E-state index in [-0.39, 0.29) is 30.9 Å². The minimum Gasteiger partial charge on any atom is -0.434 e. The fourth-order valence-electron chi connectivity index (χ4n) is 5.33. The summed E-state index contributed by atoms with van der Waals surface area (Å²) in [4.78, 5) is 26.3. The van der Waals surface area contributed by atoms with Gasteiger partial charge in [0.05, 0.1) is 36.3 Å². The van der Waals surface area contributed by atoms with Crippen molar-refractivity contribution in [2.24, 2.45) is 0 Å². The monoisotopic (exact) mass is 491 g/mol. The van der Waals surface area contributed by atoms with Gasteiger partial charge in [0.2, 0.25) is 0 Å². The van der Waals surface area contributed by atoms with E-state index in [1.54, 1.807) is 18.5 Å².